The lowest BCUT2D eigenvalue weighted by Crippen LogP contribution is -2.67. The molecule has 0 amide bonds. The Kier molecular flexibility index (Phi) is 9.36. The molecule has 15 heteroatoms. The van der Waals surface area contributed by atoms with Gasteiger partial charge in [-0.25, -0.2) is 4.57 Å². The van der Waals surface area contributed by atoms with E-state index in [1.807, 2.05) is 0 Å². The van der Waals surface area contributed by atoms with Crippen LogP contribution in [0, 0.1) is 5.92 Å². The van der Waals surface area contributed by atoms with Gasteiger partial charge in [-0.05, 0) is 12.8 Å². The van der Waals surface area contributed by atoms with Gasteiger partial charge in [0.15, 0.2) is 6.29 Å². The van der Waals surface area contributed by atoms with Gasteiger partial charge in [-0.2, -0.15) is 0 Å². The van der Waals surface area contributed by atoms with Crippen molar-refractivity contribution in [2.24, 2.45) is 5.92 Å². The normalized spacial score (nSPS) is 44.4. The fourth-order valence-corrected chi connectivity index (χ4v) is 4.39. The van der Waals surface area contributed by atoms with Gasteiger partial charge in [0.05, 0.1) is 25.9 Å². The van der Waals surface area contributed by atoms with Gasteiger partial charge < -0.3 is 59.7 Å². The molecule has 31 heavy (non-hydrogen) atoms. The summed E-state index contributed by atoms with van der Waals surface area (Å²) >= 11 is 0. The summed E-state index contributed by atoms with van der Waals surface area (Å²) in [5.74, 6) is -1.00. The first-order chi connectivity index (χ1) is 14.4. The fourth-order valence-electron chi connectivity index (χ4n) is 4.01. The molecule has 0 aliphatic carbocycles. The number of hydrogen-bond donors (Lipinski definition) is 9. The molecule has 14 nitrogen and oxygen atoms in total. The molecule has 2 aliphatic rings. The summed E-state index contributed by atoms with van der Waals surface area (Å²) < 4.78 is 31.5. The molecule has 0 bridgehead atoms. The average Bonchev–Trinajstić information content (AvgIpc) is 2.72. The third-order valence-corrected chi connectivity index (χ3v) is 6.26. The van der Waals surface area contributed by atoms with Crippen molar-refractivity contribution >= 4 is 7.82 Å². The smallest absolute Gasteiger partial charge is 0.394 e. The summed E-state index contributed by atoms with van der Waals surface area (Å²) in [6.45, 7) is -2.32. The molecule has 2 aliphatic heterocycles. The zero-order chi connectivity index (χ0) is 23.6. The largest absolute Gasteiger partial charge is 0.469 e. The Balaban J connectivity index is 2.29. The Morgan fingerprint density at radius 1 is 0.935 bits per heavy atom. The number of ether oxygens (including phenoxy) is 3. The lowest BCUT2D eigenvalue weighted by Gasteiger charge is -2.49. The minimum atomic E-state index is -5.04. The molecule has 184 valence electrons. The lowest BCUT2D eigenvalue weighted by molar-refractivity contribution is -0.296. The van der Waals surface area contributed by atoms with Crippen LogP contribution in [0.2, 0.25) is 0 Å². The van der Waals surface area contributed by atoms with E-state index < -0.39 is 88.2 Å². The number of phosphoric ester groups is 1. The molecule has 10 atom stereocenters. The van der Waals surface area contributed by atoms with Gasteiger partial charge in [-0.3, -0.25) is 4.52 Å². The Morgan fingerprint density at radius 3 is 2.06 bits per heavy atom. The molecule has 0 aromatic heterocycles. The van der Waals surface area contributed by atoms with Crippen LogP contribution >= 0.6 is 7.82 Å². The predicted molar refractivity (Wildman–Crippen MR) is 98.2 cm³/mol. The van der Waals surface area contributed by atoms with Gasteiger partial charge >= 0.3 is 7.82 Å². The quantitative estimate of drug-likeness (QED) is 0.143. The highest BCUT2D eigenvalue weighted by molar-refractivity contribution is 7.46. The van der Waals surface area contributed by atoms with Gasteiger partial charge in [-0.15, -0.1) is 0 Å². The van der Waals surface area contributed by atoms with Crippen LogP contribution in [-0.2, 0) is 23.3 Å². The Morgan fingerprint density at radius 2 is 1.55 bits per heavy atom. The van der Waals surface area contributed by atoms with E-state index in [4.69, 9.17) is 24.0 Å². The van der Waals surface area contributed by atoms with Crippen LogP contribution in [0.3, 0.4) is 0 Å². The van der Waals surface area contributed by atoms with Crippen molar-refractivity contribution in [3.05, 3.63) is 0 Å². The zero-order valence-corrected chi connectivity index (χ0v) is 17.6. The van der Waals surface area contributed by atoms with E-state index in [9.17, 15) is 40.3 Å². The number of rotatable bonds is 9. The maximum absolute atomic E-state index is 11.2. The highest BCUT2D eigenvalue weighted by Gasteiger charge is 2.55. The van der Waals surface area contributed by atoms with E-state index in [2.05, 4.69) is 4.52 Å². The fraction of sp³-hybridized carbons (Fsp3) is 1.00. The summed E-state index contributed by atoms with van der Waals surface area (Å²) in [7, 11) is -3.80. The van der Waals surface area contributed by atoms with E-state index in [1.165, 1.54) is 7.11 Å². The first kappa shape index (κ1) is 27.0. The van der Waals surface area contributed by atoms with E-state index in [0.29, 0.717) is 0 Å². The number of aliphatic hydroxyl groups excluding tert-OH is 7. The van der Waals surface area contributed by atoms with Gasteiger partial charge in [0, 0.05) is 13.0 Å². The van der Waals surface area contributed by atoms with Crippen molar-refractivity contribution in [1.82, 2.24) is 0 Å². The molecule has 0 spiro atoms. The summed E-state index contributed by atoms with van der Waals surface area (Å²) in [5, 5.41) is 70.5. The van der Waals surface area contributed by atoms with Gasteiger partial charge in [0.1, 0.15) is 42.2 Å². The molecule has 2 fully saturated rings. The SMILES string of the molecule is CO[C@@H]1O[C@H](CO)[C@H](O)[C@H](CC[C@@]2(COP(=O)(O)O)O[C@H](CO)[C@H](O)[C@H](O)[C@H]2O)[C@H]1O. The molecule has 2 saturated heterocycles. The second-order valence-electron chi connectivity index (χ2n) is 7.74. The molecule has 0 unspecified atom stereocenters. The minimum Gasteiger partial charge on any atom is -0.394 e. The average molecular weight is 478 g/mol. The van der Waals surface area contributed by atoms with Crippen LogP contribution in [0.4, 0.5) is 0 Å². The second kappa shape index (κ2) is 10.8. The Hall–Kier alpha value is -0.290. The molecule has 2 rings (SSSR count). The van der Waals surface area contributed by atoms with Crippen LogP contribution in [0.15, 0.2) is 0 Å². The number of aliphatic hydroxyl groups is 7. The third-order valence-electron chi connectivity index (χ3n) is 5.80. The van der Waals surface area contributed by atoms with Crippen molar-refractivity contribution in [1.29, 1.82) is 0 Å². The van der Waals surface area contributed by atoms with Crippen molar-refractivity contribution in [3.63, 3.8) is 0 Å². The topological polar surface area (TPSA) is 236 Å². The van der Waals surface area contributed by atoms with Crippen molar-refractivity contribution < 1.29 is 68.8 Å². The van der Waals surface area contributed by atoms with E-state index >= 15 is 0 Å². The van der Waals surface area contributed by atoms with Crippen molar-refractivity contribution in [2.45, 2.75) is 67.5 Å². The van der Waals surface area contributed by atoms with Crippen LogP contribution in [0.5, 0.6) is 0 Å². The molecule has 0 saturated carbocycles. The summed E-state index contributed by atoms with van der Waals surface area (Å²) in [6.07, 6.45) is -12.4. The van der Waals surface area contributed by atoms with Gasteiger partial charge in [-0.1, -0.05) is 0 Å². The van der Waals surface area contributed by atoms with Crippen LogP contribution < -0.4 is 0 Å². The lowest BCUT2D eigenvalue weighted by atomic mass is 9.77. The highest BCUT2D eigenvalue weighted by atomic mass is 31.2. The monoisotopic (exact) mass is 478 g/mol. The van der Waals surface area contributed by atoms with E-state index in [0.717, 1.165) is 0 Å². The van der Waals surface area contributed by atoms with Crippen molar-refractivity contribution in [2.75, 3.05) is 26.9 Å². The predicted octanol–water partition coefficient (Wildman–Crippen LogP) is -4.21. The molecule has 0 radical (unpaired) electrons. The standard InChI is InChI=1S/C16H31O14P/c1-27-15-11(20)7(10(19)8(4-17)29-15)2-3-16(6-28-31(24,25)26)14(23)13(22)12(21)9(5-18)30-16/h7-15,17-23H,2-6H2,1H3,(H2,24,25,26)/t7-,8+,9+,10+,11+,12-,13-,14+,15+,16-/m0/s1. The maximum Gasteiger partial charge on any atom is 0.469 e. The maximum atomic E-state index is 11.2. The summed E-state index contributed by atoms with van der Waals surface area (Å²) in [4.78, 5) is 18.1. The second-order valence-corrected chi connectivity index (χ2v) is 8.98. The van der Waals surface area contributed by atoms with Gasteiger partial charge in [0.2, 0.25) is 0 Å². The summed E-state index contributed by atoms with van der Waals surface area (Å²) in [5.41, 5.74) is -2.03. The molecule has 0 aromatic carbocycles. The number of methoxy groups -OCH3 is 1. The highest BCUT2D eigenvalue weighted by Crippen LogP contribution is 2.43. The van der Waals surface area contributed by atoms with Crippen LogP contribution in [0.1, 0.15) is 12.8 Å². The number of hydrogen-bond acceptors (Lipinski definition) is 12. The first-order valence-electron chi connectivity index (χ1n) is 9.59. The van der Waals surface area contributed by atoms with Crippen LogP contribution in [-0.4, -0.2) is 127 Å². The molecule has 0 aromatic rings. The minimum absolute atomic E-state index is 0.176. The van der Waals surface area contributed by atoms with Crippen molar-refractivity contribution in [3.8, 4) is 0 Å². The molecule has 9 N–H and O–H groups in total. The third kappa shape index (κ3) is 5.99. The molecular formula is C16H31O14P. The first-order valence-corrected chi connectivity index (χ1v) is 11.1. The Bertz CT molecular complexity index is 599. The van der Waals surface area contributed by atoms with Gasteiger partial charge in [0.25, 0.3) is 0 Å². The van der Waals surface area contributed by atoms with Crippen LogP contribution in [0.25, 0.3) is 0 Å². The zero-order valence-electron chi connectivity index (χ0n) is 16.7. The van der Waals surface area contributed by atoms with E-state index in [1.54, 1.807) is 0 Å². The molecular weight excluding hydrogens is 447 g/mol. The number of phosphoric acid groups is 1. The molecule has 2 heterocycles. The summed E-state index contributed by atoms with van der Waals surface area (Å²) in [6, 6.07) is 0. The Labute approximate surface area is 177 Å². The van der Waals surface area contributed by atoms with E-state index in [-0.39, 0.29) is 12.8 Å².